The molecule has 0 bridgehead atoms. The molecule has 2 rings (SSSR count). The Kier molecular flexibility index (Phi) is 5.94. The molecule has 0 atom stereocenters. The molecule has 0 unspecified atom stereocenters. The van der Waals surface area contributed by atoms with Gasteiger partial charge in [-0.3, -0.25) is 0 Å². The van der Waals surface area contributed by atoms with E-state index in [0.717, 1.165) is 5.56 Å². The lowest BCUT2D eigenvalue weighted by atomic mass is 10.1. The van der Waals surface area contributed by atoms with E-state index in [4.69, 9.17) is 4.74 Å². The summed E-state index contributed by atoms with van der Waals surface area (Å²) in [5.74, 6) is -0.327. The molecule has 3 nitrogen and oxygen atoms in total. The number of hydrogen-bond acceptors (Lipinski definition) is 2. The van der Waals surface area contributed by atoms with Gasteiger partial charge in [0.2, 0.25) is 0 Å². The van der Waals surface area contributed by atoms with E-state index in [2.05, 4.69) is 76.2 Å². The van der Waals surface area contributed by atoms with Gasteiger partial charge in [-0.05, 0) is 46.6 Å². The first-order chi connectivity index (χ1) is 11.8. The van der Waals surface area contributed by atoms with Gasteiger partial charge in [0.25, 0.3) is 0 Å². The second kappa shape index (κ2) is 7.61. The molecule has 4 heteroatoms. The van der Waals surface area contributed by atoms with Crippen LogP contribution >= 0.6 is 0 Å². The van der Waals surface area contributed by atoms with Gasteiger partial charge >= 0.3 is 5.97 Å². The van der Waals surface area contributed by atoms with Gasteiger partial charge in [-0.2, -0.15) is 0 Å². The number of fused-ring (bicyclic) bond motifs is 1. The van der Waals surface area contributed by atoms with Gasteiger partial charge in [-0.1, -0.05) is 53.7 Å². The van der Waals surface area contributed by atoms with Crippen LogP contribution in [0, 0.1) is 0 Å². The van der Waals surface area contributed by atoms with E-state index >= 15 is 0 Å². The van der Waals surface area contributed by atoms with E-state index < -0.39 is 8.24 Å². The number of aromatic nitrogens is 1. The Morgan fingerprint density at radius 1 is 1.04 bits per heavy atom. The summed E-state index contributed by atoms with van der Waals surface area (Å²) in [6.07, 6.45) is 5.61. The molecule has 0 spiro atoms. The molecule has 0 radical (unpaired) electrons. The predicted octanol–water partition coefficient (Wildman–Crippen LogP) is 5.85. The molecule has 0 amide bonds. The van der Waals surface area contributed by atoms with Crippen LogP contribution in [0.2, 0.25) is 16.6 Å². The zero-order chi connectivity index (χ0) is 18.8. The Hall–Kier alpha value is -1.81. The Morgan fingerprint density at radius 3 is 2.16 bits per heavy atom. The summed E-state index contributed by atoms with van der Waals surface area (Å²) in [5.41, 5.74) is 4.24. The summed E-state index contributed by atoms with van der Waals surface area (Å²) in [6.45, 7) is 14.2. The molecule has 2 aromatic rings. The van der Waals surface area contributed by atoms with Crippen LogP contribution in [0.5, 0.6) is 0 Å². The highest BCUT2D eigenvalue weighted by Crippen LogP contribution is 2.44. The summed E-state index contributed by atoms with van der Waals surface area (Å²) in [7, 11) is -0.389. The molecular formula is C21H31NO2Si. The zero-order valence-electron chi connectivity index (χ0n) is 16.5. The normalized spacial score (nSPS) is 12.9. The van der Waals surface area contributed by atoms with Crippen molar-refractivity contribution in [3.05, 3.63) is 42.1 Å². The maximum Gasteiger partial charge on any atom is 0.330 e. The number of hydrogen-bond donors (Lipinski definition) is 0. The Labute approximate surface area is 152 Å². The third kappa shape index (κ3) is 3.32. The maximum absolute atomic E-state index is 11.4. The summed E-state index contributed by atoms with van der Waals surface area (Å²) >= 11 is 0. The number of methoxy groups -OCH3 is 1. The minimum absolute atomic E-state index is 0.327. The average Bonchev–Trinajstić information content (AvgIpc) is 2.97. The SMILES string of the molecule is COC(=O)/C=C/c1cccc2c1ccn2[Si](C(C)C)(C(C)C)C(C)C. The van der Waals surface area contributed by atoms with E-state index in [9.17, 15) is 4.79 Å². The monoisotopic (exact) mass is 357 g/mol. The fourth-order valence-corrected chi connectivity index (χ4v) is 11.3. The molecule has 0 N–H and O–H groups in total. The highest BCUT2D eigenvalue weighted by atomic mass is 28.3. The lowest BCUT2D eigenvalue weighted by Gasteiger charge is -2.44. The molecular weight excluding hydrogens is 326 g/mol. The fourth-order valence-electron chi connectivity index (χ4n) is 4.73. The summed E-state index contributed by atoms with van der Waals surface area (Å²) in [4.78, 5) is 11.4. The number of nitrogens with zero attached hydrogens (tertiary/aromatic N) is 1. The largest absolute Gasteiger partial charge is 0.466 e. The van der Waals surface area contributed by atoms with Crippen molar-refractivity contribution in [2.75, 3.05) is 7.11 Å². The molecule has 1 heterocycles. The van der Waals surface area contributed by atoms with Gasteiger partial charge in [0.15, 0.2) is 8.24 Å². The van der Waals surface area contributed by atoms with Crippen molar-refractivity contribution in [3.8, 4) is 0 Å². The molecule has 1 aromatic carbocycles. The van der Waals surface area contributed by atoms with E-state index in [0.29, 0.717) is 16.6 Å². The quantitative estimate of drug-likeness (QED) is 0.369. The van der Waals surface area contributed by atoms with Crippen LogP contribution in [0.15, 0.2) is 36.5 Å². The third-order valence-corrected chi connectivity index (χ3v) is 12.3. The van der Waals surface area contributed by atoms with Gasteiger partial charge in [0.05, 0.1) is 7.11 Å². The average molecular weight is 358 g/mol. The van der Waals surface area contributed by atoms with Gasteiger partial charge < -0.3 is 8.97 Å². The summed E-state index contributed by atoms with van der Waals surface area (Å²) < 4.78 is 7.31. The smallest absolute Gasteiger partial charge is 0.330 e. The molecule has 25 heavy (non-hydrogen) atoms. The third-order valence-electron chi connectivity index (χ3n) is 5.56. The number of carbonyl (C=O) groups is 1. The molecule has 0 aliphatic carbocycles. The molecule has 0 fully saturated rings. The van der Waals surface area contributed by atoms with Gasteiger partial charge in [0, 0.05) is 17.0 Å². The molecule has 0 aliphatic rings. The molecule has 136 valence electrons. The summed E-state index contributed by atoms with van der Waals surface area (Å²) in [6, 6.07) is 8.53. The van der Waals surface area contributed by atoms with Gasteiger partial charge in [-0.25, -0.2) is 4.79 Å². The topological polar surface area (TPSA) is 31.2 Å². The standard InChI is InChI=1S/C21H31NO2Si/c1-15(2)25(16(3)4,17(5)6)22-14-13-19-18(9-8-10-20(19)22)11-12-21(23)24-7/h8-17H,1-7H3/b12-11+. The van der Waals surface area contributed by atoms with Crippen molar-refractivity contribution in [2.24, 2.45) is 0 Å². The number of ether oxygens (including phenoxy) is 1. The molecule has 0 aliphatic heterocycles. The van der Waals surface area contributed by atoms with Crippen LogP contribution in [0.4, 0.5) is 0 Å². The fraction of sp³-hybridized carbons (Fsp3) is 0.476. The van der Waals surface area contributed by atoms with E-state index in [1.807, 2.05) is 6.08 Å². The number of esters is 1. The van der Waals surface area contributed by atoms with Crippen molar-refractivity contribution in [3.63, 3.8) is 0 Å². The second-order valence-electron chi connectivity index (χ2n) is 7.67. The molecule has 0 saturated heterocycles. The van der Waals surface area contributed by atoms with Crippen molar-refractivity contribution in [1.82, 2.24) is 4.23 Å². The van der Waals surface area contributed by atoms with Crippen LogP contribution in [0.1, 0.15) is 47.1 Å². The van der Waals surface area contributed by atoms with Crippen molar-refractivity contribution in [2.45, 2.75) is 58.2 Å². The van der Waals surface area contributed by atoms with Gasteiger partial charge in [0.1, 0.15) is 0 Å². The Bertz CT molecular complexity index is 750. The van der Waals surface area contributed by atoms with Gasteiger partial charge in [-0.15, -0.1) is 0 Å². The predicted molar refractivity (Wildman–Crippen MR) is 109 cm³/mol. The lowest BCUT2D eigenvalue weighted by molar-refractivity contribution is -0.134. The minimum atomic E-state index is -1.79. The number of carbonyl (C=O) groups excluding carboxylic acids is 1. The van der Waals surface area contributed by atoms with Crippen LogP contribution < -0.4 is 0 Å². The van der Waals surface area contributed by atoms with Crippen molar-refractivity contribution < 1.29 is 9.53 Å². The first-order valence-electron chi connectivity index (χ1n) is 9.13. The Balaban J connectivity index is 2.68. The number of rotatable bonds is 6. The van der Waals surface area contributed by atoms with Crippen LogP contribution in [-0.2, 0) is 9.53 Å². The number of benzene rings is 1. The van der Waals surface area contributed by atoms with Crippen LogP contribution in [0.3, 0.4) is 0 Å². The van der Waals surface area contributed by atoms with Crippen molar-refractivity contribution in [1.29, 1.82) is 0 Å². The van der Waals surface area contributed by atoms with E-state index in [-0.39, 0.29) is 5.97 Å². The highest BCUT2D eigenvalue weighted by molar-refractivity contribution is 6.82. The van der Waals surface area contributed by atoms with Crippen LogP contribution in [-0.4, -0.2) is 25.5 Å². The highest BCUT2D eigenvalue weighted by Gasteiger charge is 2.45. The Morgan fingerprint density at radius 2 is 1.64 bits per heavy atom. The van der Waals surface area contributed by atoms with E-state index in [1.54, 1.807) is 0 Å². The van der Waals surface area contributed by atoms with E-state index in [1.165, 1.54) is 24.1 Å². The van der Waals surface area contributed by atoms with Crippen LogP contribution in [0.25, 0.3) is 17.0 Å². The lowest BCUT2D eigenvalue weighted by Crippen LogP contribution is -2.51. The maximum atomic E-state index is 11.4. The summed E-state index contributed by atoms with van der Waals surface area (Å²) in [5, 5.41) is 1.20. The first kappa shape index (κ1) is 19.5. The van der Waals surface area contributed by atoms with Crippen molar-refractivity contribution >= 4 is 31.2 Å². The first-order valence-corrected chi connectivity index (χ1v) is 11.3. The molecule has 0 saturated carbocycles. The molecule has 1 aromatic heterocycles. The minimum Gasteiger partial charge on any atom is -0.466 e. The zero-order valence-corrected chi connectivity index (χ0v) is 17.5. The second-order valence-corrected chi connectivity index (χ2v) is 13.4.